The minimum absolute atomic E-state index is 0.431. The molecular weight excluding hydrogens is 218 g/mol. The van der Waals surface area contributed by atoms with E-state index < -0.39 is 0 Å². The van der Waals surface area contributed by atoms with Crippen molar-refractivity contribution < 1.29 is 4.74 Å². The summed E-state index contributed by atoms with van der Waals surface area (Å²) in [5, 5.41) is 3.68. The van der Waals surface area contributed by atoms with Gasteiger partial charge >= 0.3 is 0 Å². The fraction of sp³-hybridized carbons (Fsp3) is 1.00. The molecule has 0 unspecified atom stereocenters. The van der Waals surface area contributed by atoms with Gasteiger partial charge in [-0.15, -0.1) is 0 Å². The number of rotatable bonds is 6. The van der Waals surface area contributed by atoms with E-state index in [-0.39, 0.29) is 0 Å². The monoisotopic (exact) mass is 243 g/mol. The van der Waals surface area contributed by atoms with Gasteiger partial charge in [0.25, 0.3) is 0 Å². The van der Waals surface area contributed by atoms with Gasteiger partial charge in [-0.3, -0.25) is 0 Å². The van der Waals surface area contributed by atoms with Crippen molar-refractivity contribution in [3.8, 4) is 0 Å². The number of hydrogen-bond acceptors (Lipinski definition) is 3. The molecule has 0 aromatic carbocycles. The van der Waals surface area contributed by atoms with Crippen LogP contribution in [-0.4, -0.2) is 36.3 Å². The zero-order chi connectivity index (χ0) is 11.4. The highest BCUT2D eigenvalue weighted by atomic mass is 32.2. The SMILES string of the molecule is C[C@@H]1CC(NCCSCC2CC2)C[C@@H](C)O1. The standard InChI is InChI=1S/C13H25NOS/c1-10-7-13(8-11(2)15-10)14-5-6-16-9-12-3-4-12/h10-14H,3-9H2,1-2H3/t10-,11-/m1/s1. The van der Waals surface area contributed by atoms with E-state index in [1.54, 1.807) is 0 Å². The first-order chi connectivity index (χ1) is 7.74. The molecule has 0 amide bonds. The molecule has 16 heavy (non-hydrogen) atoms. The third-order valence-corrected chi connectivity index (χ3v) is 4.63. The molecule has 0 bridgehead atoms. The van der Waals surface area contributed by atoms with Crippen LogP contribution in [-0.2, 0) is 4.74 Å². The number of thioether (sulfide) groups is 1. The maximum atomic E-state index is 5.74. The van der Waals surface area contributed by atoms with Gasteiger partial charge in [0.15, 0.2) is 0 Å². The van der Waals surface area contributed by atoms with Crippen molar-refractivity contribution in [2.45, 2.75) is 57.8 Å². The summed E-state index contributed by atoms with van der Waals surface area (Å²) in [6.07, 6.45) is 6.18. The number of hydrogen-bond donors (Lipinski definition) is 1. The second-order valence-electron chi connectivity index (χ2n) is 5.40. The third-order valence-electron chi connectivity index (χ3n) is 3.43. The van der Waals surface area contributed by atoms with Crippen molar-refractivity contribution in [2.24, 2.45) is 5.92 Å². The normalized spacial score (nSPS) is 35.2. The Bertz CT molecular complexity index is 198. The van der Waals surface area contributed by atoms with Gasteiger partial charge in [-0.25, -0.2) is 0 Å². The Morgan fingerprint density at radius 2 is 1.88 bits per heavy atom. The zero-order valence-electron chi connectivity index (χ0n) is 10.6. The Labute approximate surface area is 104 Å². The first kappa shape index (κ1) is 12.7. The Morgan fingerprint density at radius 3 is 2.50 bits per heavy atom. The highest BCUT2D eigenvalue weighted by Crippen LogP contribution is 2.32. The predicted octanol–water partition coefficient (Wildman–Crippen LogP) is 2.68. The minimum atomic E-state index is 0.431. The third kappa shape index (κ3) is 4.64. The Kier molecular flexibility index (Phi) is 4.98. The highest BCUT2D eigenvalue weighted by molar-refractivity contribution is 7.99. The number of nitrogens with one attached hydrogen (secondary N) is 1. The zero-order valence-corrected chi connectivity index (χ0v) is 11.4. The lowest BCUT2D eigenvalue weighted by Crippen LogP contribution is -2.42. The Hall–Kier alpha value is 0.270. The van der Waals surface area contributed by atoms with Gasteiger partial charge in [-0.2, -0.15) is 11.8 Å². The van der Waals surface area contributed by atoms with Crippen LogP contribution in [0.3, 0.4) is 0 Å². The van der Waals surface area contributed by atoms with Crippen molar-refractivity contribution in [1.82, 2.24) is 5.32 Å². The summed E-state index contributed by atoms with van der Waals surface area (Å²) in [5.74, 6) is 3.73. The van der Waals surface area contributed by atoms with Crippen LogP contribution in [0.15, 0.2) is 0 Å². The van der Waals surface area contributed by atoms with Crippen molar-refractivity contribution in [1.29, 1.82) is 0 Å². The molecule has 1 aliphatic carbocycles. The molecule has 1 heterocycles. The molecule has 2 aliphatic rings. The first-order valence-electron chi connectivity index (χ1n) is 6.70. The summed E-state index contributed by atoms with van der Waals surface area (Å²) in [7, 11) is 0. The van der Waals surface area contributed by atoms with Gasteiger partial charge in [-0.05, 0) is 51.2 Å². The summed E-state index contributed by atoms with van der Waals surface area (Å²) in [6, 6.07) is 0.681. The van der Waals surface area contributed by atoms with Crippen LogP contribution in [0, 0.1) is 5.92 Å². The quantitative estimate of drug-likeness (QED) is 0.725. The van der Waals surface area contributed by atoms with Gasteiger partial charge in [0.05, 0.1) is 12.2 Å². The Morgan fingerprint density at radius 1 is 1.19 bits per heavy atom. The molecular formula is C13H25NOS. The van der Waals surface area contributed by atoms with E-state index in [0.717, 1.165) is 5.92 Å². The van der Waals surface area contributed by atoms with E-state index in [0.29, 0.717) is 18.2 Å². The van der Waals surface area contributed by atoms with Gasteiger partial charge in [0.1, 0.15) is 0 Å². The van der Waals surface area contributed by atoms with Gasteiger partial charge in [-0.1, -0.05) is 0 Å². The molecule has 2 nitrogen and oxygen atoms in total. The summed E-state index contributed by atoms with van der Waals surface area (Å²) in [4.78, 5) is 0. The second-order valence-corrected chi connectivity index (χ2v) is 6.55. The van der Waals surface area contributed by atoms with Crippen LogP contribution in [0.1, 0.15) is 39.5 Å². The van der Waals surface area contributed by atoms with E-state index in [9.17, 15) is 0 Å². The van der Waals surface area contributed by atoms with Crippen molar-refractivity contribution >= 4 is 11.8 Å². The van der Waals surface area contributed by atoms with E-state index in [1.165, 1.54) is 43.7 Å². The summed E-state index contributed by atoms with van der Waals surface area (Å²) in [5.41, 5.74) is 0. The van der Waals surface area contributed by atoms with Crippen LogP contribution >= 0.6 is 11.8 Å². The fourth-order valence-electron chi connectivity index (χ4n) is 2.44. The predicted molar refractivity (Wildman–Crippen MR) is 71.1 cm³/mol. The van der Waals surface area contributed by atoms with E-state index in [4.69, 9.17) is 4.74 Å². The molecule has 3 heteroatoms. The maximum absolute atomic E-state index is 5.74. The van der Waals surface area contributed by atoms with Crippen LogP contribution < -0.4 is 5.32 Å². The molecule has 2 atom stereocenters. The van der Waals surface area contributed by atoms with Crippen LogP contribution in [0.5, 0.6) is 0 Å². The molecule has 94 valence electrons. The first-order valence-corrected chi connectivity index (χ1v) is 7.86. The highest BCUT2D eigenvalue weighted by Gasteiger charge is 2.24. The topological polar surface area (TPSA) is 21.3 Å². The molecule has 2 rings (SSSR count). The largest absolute Gasteiger partial charge is 0.375 e. The molecule has 1 aliphatic heterocycles. The fourth-order valence-corrected chi connectivity index (χ4v) is 3.54. The van der Waals surface area contributed by atoms with Crippen molar-refractivity contribution in [3.63, 3.8) is 0 Å². The summed E-state index contributed by atoms with van der Waals surface area (Å²) in [6.45, 7) is 5.54. The Balaban J connectivity index is 1.50. The maximum Gasteiger partial charge on any atom is 0.0565 e. The molecule has 0 aromatic heterocycles. The average molecular weight is 243 g/mol. The lowest BCUT2D eigenvalue weighted by molar-refractivity contribution is -0.0417. The molecule has 1 saturated carbocycles. The lowest BCUT2D eigenvalue weighted by Gasteiger charge is -2.32. The molecule has 1 saturated heterocycles. The van der Waals surface area contributed by atoms with E-state index in [2.05, 4.69) is 30.9 Å². The lowest BCUT2D eigenvalue weighted by atomic mass is 10.00. The molecule has 0 radical (unpaired) electrons. The summed E-state index contributed by atoms with van der Waals surface area (Å²) < 4.78 is 5.74. The van der Waals surface area contributed by atoms with Crippen molar-refractivity contribution in [2.75, 3.05) is 18.1 Å². The summed E-state index contributed by atoms with van der Waals surface area (Å²) >= 11 is 2.12. The second kappa shape index (κ2) is 6.27. The molecule has 2 fully saturated rings. The van der Waals surface area contributed by atoms with Crippen LogP contribution in [0.25, 0.3) is 0 Å². The van der Waals surface area contributed by atoms with Crippen LogP contribution in [0.4, 0.5) is 0 Å². The minimum Gasteiger partial charge on any atom is -0.375 e. The number of ether oxygens (including phenoxy) is 1. The van der Waals surface area contributed by atoms with Crippen molar-refractivity contribution in [3.05, 3.63) is 0 Å². The molecule has 0 aromatic rings. The molecule has 1 N–H and O–H groups in total. The molecule has 0 spiro atoms. The average Bonchev–Trinajstić information content (AvgIpc) is 2.99. The van der Waals surface area contributed by atoms with E-state index >= 15 is 0 Å². The van der Waals surface area contributed by atoms with Gasteiger partial charge in [0.2, 0.25) is 0 Å². The van der Waals surface area contributed by atoms with Gasteiger partial charge < -0.3 is 10.1 Å². The van der Waals surface area contributed by atoms with Gasteiger partial charge in [0, 0.05) is 18.3 Å². The van der Waals surface area contributed by atoms with Crippen LogP contribution in [0.2, 0.25) is 0 Å². The smallest absolute Gasteiger partial charge is 0.0565 e. The van der Waals surface area contributed by atoms with E-state index in [1.807, 2.05) is 0 Å².